The normalized spacial score (nSPS) is 21.0. The van der Waals surface area contributed by atoms with Gasteiger partial charge in [-0.05, 0) is 37.5 Å². The molecule has 7 heteroatoms. The van der Waals surface area contributed by atoms with Gasteiger partial charge >= 0.3 is 12.0 Å². The Morgan fingerprint density at radius 1 is 1.38 bits per heavy atom. The standard InChI is InChI=1S/C14H17FN2O4/c1-21-10-4-3-9(7-10)16-14(20)17-12-6-8(15)2-5-11(12)13(18)19/h2,5-6,9-10H,3-4,7H2,1H3,(H,18,19)(H2,16,17,20). The molecule has 1 aliphatic rings. The van der Waals surface area contributed by atoms with Crippen molar-refractivity contribution in [1.82, 2.24) is 5.32 Å². The van der Waals surface area contributed by atoms with Crippen molar-refractivity contribution >= 4 is 17.7 Å². The molecule has 21 heavy (non-hydrogen) atoms. The number of aromatic carboxylic acids is 1. The number of benzene rings is 1. The smallest absolute Gasteiger partial charge is 0.337 e. The van der Waals surface area contributed by atoms with Crippen LogP contribution >= 0.6 is 0 Å². The average Bonchev–Trinajstić information content (AvgIpc) is 2.85. The molecule has 2 amide bonds. The van der Waals surface area contributed by atoms with Crippen molar-refractivity contribution in [2.75, 3.05) is 12.4 Å². The molecule has 114 valence electrons. The molecule has 2 rings (SSSR count). The molecule has 6 nitrogen and oxygen atoms in total. The van der Waals surface area contributed by atoms with Gasteiger partial charge in [0.2, 0.25) is 0 Å². The minimum absolute atomic E-state index is 0.0308. The third-order valence-electron chi connectivity index (χ3n) is 3.51. The van der Waals surface area contributed by atoms with Gasteiger partial charge in [-0.2, -0.15) is 0 Å². The summed E-state index contributed by atoms with van der Waals surface area (Å²) in [5, 5.41) is 14.1. The third kappa shape index (κ3) is 3.91. The van der Waals surface area contributed by atoms with Gasteiger partial charge in [0.1, 0.15) is 5.82 Å². The van der Waals surface area contributed by atoms with Crippen LogP contribution < -0.4 is 10.6 Å². The lowest BCUT2D eigenvalue weighted by molar-refractivity contribution is 0.0698. The Labute approximate surface area is 121 Å². The van der Waals surface area contributed by atoms with E-state index in [-0.39, 0.29) is 23.4 Å². The van der Waals surface area contributed by atoms with E-state index in [1.54, 1.807) is 7.11 Å². The number of carbonyl (C=O) groups excluding carboxylic acids is 1. The monoisotopic (exact) mass is 296 g/mol. The summed E-state index contributed by atoms with van der Waals surface area (Å²) in [6, 6.07) is 2.55. The number of hydrogen-bond donors (Lipinski definition) is 3. The predicted octanol–water partition coefficient (Wildman–Crippen LogP) is 2.21. The number of halogens is 1. The van der Waals surface area contributed by atoms with Gasteiger partial charge in [0, 0.05) is 13.2 Å². The Bertz CT molecular complexity index is 550. The van der Waals surface area contributed by atoms with Crippen LogP contribution in [0.1, 0.15) is 29.6 Å². The highest BCUT2D eigenvalue weighted by Crippen LogP contribution is 2.22. The number of methoxy groups -OCH3 is 1. The summed E-state index contributed by atoms with van der Waals surface area (Å²) in [7, 11) is 1.62. The Kier molecular flexibility index (Phi) is 4.74. The van der Waals surface area contributed by atoms with E-state index in [9.17, 15) is 14.0 Å². The number of amides is 2. The van der Waals surface area contributed by atoms with Crippen molar-refractivity contribution in [1.29, 1.82) is 0 Å². The zero-order chi connectivity index (χ0) is 15.4. The molecule has 2 atom stereocenters. The van der Waals surface area contributed by atoms with Crippen LogP contribution in [0.25, 0.3) is 0 Å². The molecule has 0 radical (unpaired) electrons. The molecule has 0 aliphatic heterocycles. The number of ether oxygens (including phenoxy) is 1. The van der Waals surface area contributed by atoms with Crippen molar-refractivity contribution in [3.63, 3.8) is 0 Å². The molecule has 0 aromatic heterocycles. The Morgan fingerprint density at radius 2 is 2.14 bits per heavy atom. The Morgan fingerprint density at radius 3 is 2.76 bits per heavy atom. The van der Waals surface area contributed by atoms with Crippen molar-refractivity contribution in [2.45, 2.75) is 31.4 Å². The maximum atomic E-state index is 13.2. The first kappa shape index (κ1) is 15.2. The zero-order valence-corrected chi connectivity index (χ0v) is 11.6. The highest BCUT2D eigenvalue weighted by molar-refractivity contribution is 6.00. The van der Waals surface area contributed by atoms with Crippen LogP contribution in [0.5, 0.6) is 0 Å². The van der Waals surface area contributed by atoms with E-state index in [1.165, 1.54) is 0 Å². The first-order valence-corrected chi connectivity index (χ1v) is 6.62. The van der Waals surface area contributed by atoms with Gasteiger partial charge in [0.15, 0.2) is 0 Å². The number of anilines is 1. The summed E-state index contributed by atoms with van der Waals surface area (Å²) < 4.78 is 18.4. The summed E-state index contributed by atoms with van der Waals surface area (Å²) in [4.78, 5) is 22.9. The lowest BCUT2D eigenvalue weighted by atomic mass is 10.1. The van der Waals surface area contributed by atoms with Crippen LogP contribution in [-0.4, -0.2) is 36.4 Å². The third-order valence-corrected chi connectivity index (χ3v) is 3.51. The van der Waals surface area contributed by atoms with E-state index in [0.717, 1.165) is 31.0 Å². The molecule has 0 saturated heterocycles. The number of carboxylic acid groups (broad SMARTS) is 1. The molecule has 1 fully saturated rings. The maximum absolute atomic E-state index is 13.2. The van der Waals surface area contributed by atoms with E-state index in [0.29, 0.717) is 6.42 Å². The second-order valence-corrected chi connectivity index (χ2v) is 4.96. The summed E-state index contributed by atoms with van der Waals surface area (Å²) >= 11 is 0. The molecular formula is C14H17FN2O4. The van der Waals surface area contributed by atoms with Crippen LogP contribution in [0.3, 0.4) is 0 Å². The van der Waals surface area contributed by atoms with E-state index < -0.39 is 17.8 Å². The second-order valence-electron chi connectivity index (χ2n) is 4.96. The average molecular weight is 296 g/mol. The van der Waals surface area contributed by atoms with E-state index in [1.807, 2.05) is 0 Å². The summed E-state index contributed by atoms with van der Waals surface area (Å²) in [5.74, 6) is -1.85. The van der Waals surface area contributed by atoms with Crippen molar-refractivity contribution in [2.24, 2.45) is 0 Å². The van der Waals surface area contributed by atoms with Crippen LogP contribution in [0, 0.1) is 5.82 Å². The molecule has 1 saturated carbocycles. The number of rotatable bonds is 4. The number of urea groups is 1. The lowest BCUT2D eigenvalue weighted by Gasteiger charge is -2.15. The molecule has 1 aromatic rings. The van der Waals surface area contributed by atoms with Crippen LogP contribution in [0.4, 0.5) is 14.9 Å². The van der Waals surface area contributed by atoms with Crippen molar-refractivity contribution in [3.05, 3.63) is 29.6 Å². The summed E-state index contributed by atoms with van der Waals surface area (Å²) in [6.07, 6.45) is 2.49. The number of carbonyl (C=O) groups is 2. The number of hydrogen-bond acceptors (Lipinski definition) is 3. The van der Waals surface area contributed by atoms with Gasteiger partial charge < -0.3 is 20.5 Å². The SMILES string of the molecule is COC1CCC(NC(=O)Nc2cc(F)ccc2C(=O)O)C1. The Balaban J connectivity index is 2.00. The predicted molar refractivity (Wildman–Crippen MR) is 73.9 cm³/mol. The van der Waals surface area contributed by atoms with Crippen LogP contribution in [0.2, 0.25) is 0 Å². The van der Waals surface area contributed by atoms with Gasteiger partial charge in [0.25, 0.3) is 0 Å². The fourth-order valence-electron chi connectivity index (χ4n) is 2.44. The number of carboxylic acids is 1. The van der Waals surface area contributed by atoms with E-state index >= 15 is 0 Å². The molecule has 0 bridgehead atoms. The first-order valence-electron chi connectivity index (χ1n) is 6.62. The maximum Gasteiger partial charge on any atom is 0.337 e. The van der Waals surface area contributed by atoms with E-state index in [4.69, 9.17) is 9.84 Å². The second kappa shape index (κ2) is 6.53. The summed E-state index contributed by atoms with van der Waals surface area (Å²) in [6.45, 7) is 0. The van der Waals surface area contributed by atoms with Gasteiger partial charge in [0.05, 0.1) is 17.4 Å². The molecule has 0 heterocycles. The first-order chi connectivity index (χ1) is 9.99. The molecule has 3 N–H and O–H groups in total. The quantitative estimate of drug-likeness (QED) is 0.795. The summed E-state index contributed by atoms with van der Waals surface area (Å²) in [5.41, 5.74) is -0.228. The van der Waals surface area contributed by atoms with Crippen molar-refractivity contribution < 1.29 is 23.8 Å². The van der Waals surface area contributed by atoms with Gasteiger partial charge in [-0.25, -0.2) is 14.0 Å². The fourth-order valence-corrected chi connectivity index (χ4v) is 2.44. The number of nitrogens with one attached hydrogen (secondary N) is 2. The van der Waals surface area contributed by atoms with Gasteiger partial charge in [-0.1, -0.05) is 0 Å². The fraction of sp³-hybridized carbons (Fsp3) is 0.429. The van der Waals surface area contributed by atoms with Gasteiger partial charge in [-0.15, -0.1) is 0 Å². The minimum atomic E-state index is -1.23. The lowest BCUT2D eigenvalue weighted by Crippen LogP contribution is -2.37. The molecular weight excluding hydrogens is 279 g/mol. The van der Waals surface area contributed by atoms with Crippen molar-refractivity contribution in [3.8, 4) is 0 Å². The highest BCUT2D eigenvalue weighted by Gasteiger charge is 2.26. The van der Waals surface area contributed by atoms with Gasteiger partial charge in [-0.3, -0.25) is 0 Å². The molecule has 0 spiro atoms. The molecule has 2 unspecified atom stereocenters. The Hall–Kier alpha value is -2.15. The molecule has 1 aromatic carbocycles. The van der Waals surface area contributed by atoms with E-state index in [2.05, 4.69) is 10.6 Å². The largest absolute Gasteiger partial charge is 0.478 e. The zero-order valence-electron chi connectivity index (χ0n) is 11.6. The minimum Gasteiger partial charge on any atom is -0.478 e. The topological polar surface area (TPSA) is 87.7 Å². The highest BCUT2D eigenvalue weighted by atomic mass is 19.1. The van der Waals surface area contributed by atoms with Crippen LogP contribution in [0.15, 0.2) is 18.2 Å². The molecule has 1 aliphatic carbocycles. The van der Waals surface area contributed by atoms with Crippen LogP contribution in [-0.2, 0) is 4.74 Å².